The standard InChI is InChI=1S/C10H10N2O2S/c1-7-6-14-10(12-7)15-9-3-2-8(5-13)4-11-9/h2-4,6,13H,5H2,1H3. The number of rotatable bonds is 3. The number of aryl methyl sites for hydroxylation is 1. The van der Waals surface area contributed by atoms with Gasteiger partial charge in [-0.15, -0.1) is 0 Å². The van der Waals surface area contributed by atoms with Crippen molar-refractivity contribution in [3.05, 3.63) is 35.9 Å². The lowest BCUT2D eigenvalue weighted by Crippen LogP contribution is -1.86. The lowest BCUT2D eigenvalue weighted by atomic mass is 10.3. The van der Waals surface area contributed by atoms with Crippen molar-refractivity contribution in [1.82, 2.24) is 9.97 Å². The summed E-state index contributed by atoms with van der Waals surface area (Å²) >= 11 is 1.36. The summed E-state index contributed by atoms with van der Waals surface area (Å²) in [5, 5.41) is 10.2. The van der Waals surface area contributed by atoms with Crippen molar-refractivity contribution < 1.29 is 9.52 Å². The van der Waals surface area contributed by atoms with Crippen molar-refractivity contribution in [1.29, 1.82) is 0 Å². The quantitative estimate of drug-likeness (QED) is 0.861. The number of oxazole rings is 1. The molecule has 5 heteroatoms. The first kappa shape index (κ1) is 10.2. The van der Waals surface area contributed by atoms with Crippen molar-refractivity contribution in [3.8, 4) is 0 Å². The predicted molar refractivity (Wildman–Crippen MR) is 55.5 cm³/mol. The number of pyridine rings is 1. The summed E-state index contributed by atoms with van der Waals surface area (Å²) in [4.78, 5) is 8.31. The van der Waals surface area contributed by atoms with Crippen LogP contribution in [0.15, 0.2) is 39.3 Å². The van der Waals surface area contributed by atoms with Crippen molar-refractivity contribution >= 4 is 11.8 Å². The van der Waals surface area contributed by atoms with Gasteiger partial charge in [0.2, 0.25) is 0 Å². The minimum Gasteiger partial charge on any atom is -0.439 e. The molecule has 0 fully saturated rings. The van der Waals surface area contributed by atoms with Gasteiger partial charge in [-0.2, -0.15) is 0 Å². The van der Waals surface area contributed by atoms with Crippen LogP contribution in [0.25, 0.3) is 0 Å². The topological polar surface area (TPSA) is 59.2 Å². The molecule has 2 aromatic heterocycles. The van der Waals surface area contributed by atoms with E-state index in [0.29, 0.717) is 5.22 Å². The molecular weight excluding hydrogens is 212 g/mol. The Morgan fingerprint density at radius 2 is 2.33 bits per heavy atom. The maximum Gasteiger partial charge on any atom is 0.262 e. The van der Waals surface area contributed by atoms with Crippen LogP contribution in [0.1, 0.15) is 11.3 Å². The van der Waals surface area contributed by atoms with Crippen LogP contribution in [0.4, 0.5) is 0 Å². The molecule has 2 rings (SSSR count). The zero-order valence-electron chi connectivity index (χ0n) is 8.17. The van der Waals surface area contributed by atoms with E-state index in [0.717, 1.165) is 16.3 Å². The second kappa shape index (κ2) is 4.46. The summed E-state index contributed by atoms with van der Waals surface area (Å²) in [5.41, 5.74) is 1.65. The first-order chi connectivity index (χ1) is 7.28. The predicted octanol–water partition coefficient (Wildman–Crippen LogP) is 2.02. The first-order valence-corrected chi connectivity index (χ1v) is 5.25. The van der Waals surface area contributed by atoms with E-state index in [2.05, 4.69) is 9.97 Å². The largest absolute Gasteiger partial charge is 0.439 e. The van der Waals surface area contributed by atoms with Gasteiger partial charge < -0.3 is 9.52 Å². The lowest BCUT2D eigenvalue weighted by Gasteiger charge is -1.97. The maximum absolute atomic E-state index is 8.84. The average molecular weight is 222 g/mol. The molecule has 0 bridgehead atoms. The molecule has 0 radical (unpaired) electrons. The molecule has 15 heavy (non-hydrogen) atoms. The van der Waals surface area contributed by atoms with Crippen LogP contribution in [-0.2, 0) is 6.61 Å². The number of nitrogens with zero attached hydrogens (tertiary/aromatic N) is 2. The molecule has 0 saturated carbocycles. The fourth-order valence-electron chi connectivity index (χ4n) is 1.03. The first-order valence-electron chi connectivity index (χ1n) is 4.43. The molecule has 4 nitrogen and oxygen atoms in total. The number of aliphatic hydroxyl groups is 1. The molecule has 0 aromatic carbocycles. The minimum atomic E-state index is 0.00998. The van der Waals surface area contributed by atoms with E-state index in [9.17, 15) is 0 Å². The molecule has 2 heterocycles. The van der Waals surface area contributed by atoms with Gasteiger partial charge in [-0.3, -0.25) is 0 Å². The highest BCUT2D eigenvalue weighted by Gasteiger charge is 2.04. The van der Waals surface area contributed by atoms with E-state index in [1.165, 1.54) is 11.8 Å². The van der Waals surface area contributed by atoms with E-state index in [1.54, 1.807) is 12.5 Å². The van der Waals surface area contributed by atoms with Gasteiger partial charge in [0, 0.05) is 6.20 Å². The number of hydrogen-bond donors (Lipinski definition) is 1. The summed E-state index contributed by atoms with van der Waals surface area (Å²) in [5.74, 6) is 0. The smallest absolute Gasteiger partial charge is 0.262 e. The molecule has 0 atom stereocenters. The van der Waals surface area contributed by atoms with Crippen LogP contribution in [0.2, 0.25) is 0 Å². The highest BCUT2D eigenvalue weighted by molar-refractivity contribution is 7.99. The molecular formula is C10H10N2O2S. The van der Waals surface area contributed by atoms with Gasteiger partial charge in [0.05, 0.1) is 12.3 Å². The van der Waals surface area contributed by atoms with Gasteiger partial charge in [0.25, 0.3) is 5.22 Å². The molecule has 0 spiro atoms. The van der Waals surface area contributed by atoms with Crippen LogP contribution in [0, 0.1) is 6.92 Å². The number of aliphatic hydroxyl groups excluding tert-OH is 1. The fraction of sp³-hybridized carbons (Fsp3) is 0.200. The van der Waals surface area contributed by atoms with Gasteiger partial charge in [-0.25, -0.2) is 9.97 Å². The lowest BCUT2D eigenvalue weighted by molar-refractivity contribution is 0.281. The summed E-state index contributed by atoms with van der Waals surface area (Å²) < 4.78 is 5.19. The van der Waals surface area contributed by atoms with E-state index in [1.807, 2.05) is 19.1 Å². The summed E-state index contributed by atoms with van der Waals surface area (Å²) in [6, 6.07) is 3.65. The normalized spacial score (nSPS) is 10.5. The van der Waals surface area contributed by atoms with Gasteiger partial charge >= 0.3 is 0 Å². The van der Waals surface area contributed by atoms with Crippen molar-refractivity contribution in [2.75, 3.05) is 0 Å². The van der Waals surface area contributed by atoms with Crippen LogP contribution < -0.4 is 0 Å². The monoisotopic (exact) mass is 222 g/mol. The Balaban J connectivity index is 2.11. The third-order valence-electron chi connectivity index (χ3n) is 1.77. The van der Waals surface area contributed by atoms with E-state index >= 15 is 0 Å². The van der Waals surface area contributed by atoms with Crippen LogP contribution >= 0.6 is 11.8 Å². The number of aromatic nitrogens is 2. The van der Waals surface area contributed by atoms with Gasteiger partial charge in [0.1, 0.15) is 11.3 Å². The van der Waals surface area contributed by atoms with E-state index in [-0.39, 0.29) is 6.61 Å². The zero-order valence-corrected chi connectivity index (χ0v) is 8.99. The third kappa shape index (κ3) is 2.57. The molecule has 2 aromatic rings. The third-order valence-corrected chi connectivity index (χ3v) is 2.58. The second-order valence-electron chi connectivity index (χ2n) is 3.02. The molecule has 0 aliphatic heterocycles. The van der Waals surface area contributed by atoms with Crippen molar-refractivity contribution in [3.63, 3.8) is 0 Å². The molecule has 78 valence electrons. The van der Waals surface area contributed by atoms with Crippen LogP contribution in [-0.4, -0.2) is 15.1 Å². The Morgan fingerprint density at radius 1 is 1.47 bits per heavy atom. The van der Waals surface area contributed by atoms with Gasteiger partial charge in [-0.1, -0.05) is 6.07 Å². The Hall–Kier alpha value is -1.33. The fourth-order valence-corrected chi connectivity index (χ4v) is 1.74. The molecule has 0 amide bonds. The molecule has 0 aliphatic carbocycles. The Labute approximate surface area is 91.4 Å². The Bertz CT molecular complexity index is 439. The minimum absolute atomic E-state index is 0.00998. The molecule has 0 saturated heterocycles. The summed E-state index contributed by atoms with van der Waals surface area (Å²) in [6.45, 7) is 1.88. The highest BCUT2D eigenvalue weighted by atomic mass is 32.2. The van der Waals surface area contributed by atoms with E-state index < -0.39 is 0 Å². The average Bonchev–Trinajstić information content (AvgIpc) is 2.65. The molecule has 0 unspecified atom stereocenters. The molecule has 0 aliphatic rings. The van der Waals surface area contributed by atoms with Crippen molar-refractivity contribution in [2.24, 2.45) is 0 Å². The Morgan fingerprint density at radius 3 is 2.87 bits per heavy atom. The Kier molecular flexibility index (Phi) is 3.03. The number of hydrogen-bond acceptors (Lipinski definition) is 5. The zero-order chi connectivity index (χ0) is 10.7. The van der Waals surface area contributed by atoms with Gasteiger partial charge in [0.15, 0.2) is 0 Å². The second-order valence-corrected chi connectivity index (χ2v) is 3.99. The molecule has 1 N–H and O–H groups in total. The van der Waals surface area contributed by atoms with Crippen LogP contribution in [0.3, 0.4) is 0 Å². The highest BCUT2D eigenvalue weighted by Crippen LogP contribution is 2.24. The summed E-state index contributed by atoms with van der Waals surface area (Å²) in [7, 11) is 0. The van der Waals surface area contributed by atoms with Crippen molar-refractivity contribution in [2.45, 2.75) is 23.8 Å². The van der Waals surface area contributed by atoms with Gasteiger partial charge in [-0.05, 0) is 30.3 Å². The van der Waals surface area contributed by atoms with E-state index in [4.69, 9.17) is 9.52 Å². The SMILES string of the molecule is Cc1coc(Sc2ccc(CO)cn2)n1. The van der Waals surface area contributed by atoms with Crippen LogP contribution in [0.5, 0.6) is 0 Å². The maximum atomic E-state index is 8.84. The summed E-state index contributed by atoms with van der Waals surface area (Å²) in [6.07, 6.45) is 3.24.